The number of halogens is 2. The number of nitrogens with zero attached hydrogens (tertiary/aromatic N) is 2. The highest BCUT2D eigenvalue weighted by molar-refractivity contribution is 6.30. The SMILES string of the molecule is O=C1c2ccc(Cl)cc2CCN1c1cncc(Cc2c[nH]c3c(F)cccc23)c1. The van der Waals surface area contributed by atoms with E-state index in [1.54, 1.807) is 35.5 Å². The lowest BCUT2D eigenvalue weighted by Gasteiger charge is -2.28. The van der Waals surface area contributed by atoms with Crippen LogP contribution in [-0.2, 0) is 12.8 Å². The minimum absolute atomic E-state index is 0.0453. The summed E-state index contributed by atoms with van der Waals surface area (Å²) in [5.41, 5.74) is 4.87. The molecule has 0 fully saturated rings. The van der Waals surface area contributed by atoms with Gasteiger partial charge in [0, 0.05) is 41.3 Å². The first kappa shape index (κ1) is 17.9. The van der Waals surface area contributed by atoms with Gasteiger partial charge in [-0.15, -0.1) is 0 Å². The number of pyridine rings is 1. The Labute approximate surface area is 172 Å². The summed E-state index contributed by atoms with van der Waals surface area (Å²) in [4.78, 5) is 22.1. The highest BCUT2D eigenvalue weighted by Crippen LogP contribution is 2.28. The Bertz CT molecular complexity index is 1250. The van der Waals surface area contributed by atoms with E-state index in [1.807, 2.05) is 24.4 Å². The second-order valence-corrected chi connectivity index (χ2v) is 7.65. The molecule has 1 amide bonds. The zero-order chi connectivity index (χ0) is 20.0. The van der Waals surface area contributed by atoms with Gasteiger partial charge in [0.1, 0.15) is 5.82 Å². The molecule has 0 unspecified atom stereocenters. The number of anilines is 1. The van der Waals surface area contributed by atoms with Crippen LogP contribution in [-0.4, -0.2) is 22.4 Å². The van der Waals surface area contributed by atoms with E-state index in [9.17, 15) is 9.18 Å². The summed E-state index contributed by atoms with van der Waals surface area (Å²) in [6.45, 7) is 0.579. The van der Waals surface area contributed by atoms with E-state index in [0.717, 1.165) is 34.2 Å². The van der Waals surface area contributed by atoms with Crippen LogP contribution in [0.2, 0.25) is 5.02 Å². The van der Waals surface area contributed by atoms with Crippen LogP contribution in [0, 0.1) is 5.82 Å². The number of para-hydroxylation sites is 1. The fourth-order valence-corrected chi connectivity index (χ4v) is 4.16. The number of amides is 1. The number of benzene rings is 2. The average molecular weight is 406 g/mol. The van der Waals surface area contributed by atoms with Crippen molar-refractivity contribution < 1.29 is 9.18 Å². The molecular weight excluding hydrogens is 389 g/mol. The molecule has 1 N–H and O–H groups in total. The van der Waals surface area contributed by atoms with Gasteiger partial charge in [0.25, 0.3) is 5.91 Å². The van der Waals surface area contributed by atoms with Gasteiger partial charge in [-0.1, -0.05) is 23.7 Å². The van der Waals surface area contributed by atoms with Crippen LogP contribution in [0.1, 0.15) is 27.0 Å². The second kappa shape index (κ2) is 7.01. The minimum atomic E-state index is -0.265. The maximum absolute atomic E-state index is 13.9. The fourth-order valence-electron chi connectivity index (χ4n) is 3.96. The number of fused-ring (bicyclic) bond motifs is 2. The lowest BCUT2D eigenvalue weighted by Crippen LogP contribution is -2.37. The van der Waals surface area contributed by atoms with Crippen LogP contribution in [0.4, 0.5) is 10.1 Å². The number of aromatic nitrogens is 2. The van der Waals surface area contributed by atoms with E-state index in [4.69, 9.17) is 11.6 Å². The number of H-pyrrole nitrogens is 1. The normalized spacial score (nSPS) is 13.7. The Morgan fingerprint density at radius 2 is 2.07 bits per heavy atom. The van der Waals surface area contributed by atoms with Crippen LogP contribution >= 0.6 is 11.6 Å². The molecule has 1 aliphatic rings. The van der Waals surface area contributed by atoms with Crippen molar-refractivity contribution in [1.29, 1.82) is 0 Å². The third-order valence-electron chi connectivity index (χ3n) is 5.38. The van der Waals surface area contributed by atoms with Gasteiger partial charge < -0.3 is 9.88 Å². The second-order valence-electron chi connectivity index (χ2n) is 7.21. The van der Waals surface area contributed by atoms with Crippen molar-refractivity contribution in [2.75, 3.05) is 11.4 Å². The topological polar surface area (TPSA) is 49.0 Å². The Morgan fingerprint density at radius 1 is 1.17 bits per heavy atom. The molecule has 0 saturated carbocycles. The molecule has 0 aliphatic carbocycles. The quantitative estimate of drug-likeness (QED) is 0.512. The van der Waals surface area contributed by atoms with Crippen molar-refractivity contribution in [3.8, 4) is 0 Å². The summed E-state index contributed by atoms with van der Waals surface area (Å²) in [5.74, 6) is -0.311. The average Bonchev–Trinajstić information content (AvgIpc) is 3.12. The Hall–Kier alpha value is -3.18. The maximum atomic E-state index is 13.9. The number of carbonyl (C=O) groups excluding carboxylic acids is 1. The van der Waals surface area contributed by atoms with Gasteiger partial charge in [-0.2, -0.15) is 0 Å². The standard InChI is InChI=1S/C23H17ClFN3O/c24-17-4-5-20-15(10-17)6-7-28(23(20)29)18-9-14(11-26-13-18)8-16-12-27-22-19(16)2-1-3-21(22)25/h1-5,9-13,27H,6-8H2. The molecule has 1 aliphatic heterocycles. The zero-order valence-electron chi connectivity index (χ0n) is 15.5. The van der Waals surface area contributed by atoms with Crippen LogP contribution < -0.4 is 4.90 Å². The molecule has 0 atom stereocenters. The van der Waals surface area contributed by atoms with E-state index in [-0.39, 0.29) is 11.7 Å². The highest BCUT2D eigenvalue weighted by Gasteiger charge is 2.26. The molecule has 2 aromatic heterocycles. The Morgan fingerprint density at radius 3 is 2.97 bits per heavy atom. The number of hydrogen-bond donors (Lipinski definition) is 1. The lowest BCUT2D eigenvalue weighted by atomic mass is 9.98. The number of rotatable bonds is 3. The van der Waals surface area contributed by atoms with Crippen molar-refractivity contribution in [2.45, 2.75) is 12.8 Å². The third-order valence-corrected chi connectivity index (χ3v) is 5.62. The third kappa shape index (κ3) is 3.17. The molecule has 0 radical (unpaired) electrons. The summed E-state index contributed by atoms with van der Waals surface area (Å²) in [5, 5.41) is 1.50. The van der Waals surface area contributed by atoms with Crippen molar-refractivity contribution >= 4 is 34.1 Å². The lowest BCUT2D eigenvalue weighted by molar-refractivity contribution is 0.0980. The fraction of sp³-hybridized carbons (Fsp3) is 0.130. The van der Waals surface area contributed by atoms with Crippen LogP contribution in [0.5, 0.6) is 0 Å². The predicted molar refractivity (Wildman–Crippen MR) is 112 cm³/mol. The highest BCUT2D eigenvalue weighted by atomic mass is 35.5. The number of aromatic amines is 1. The molecule has 29 heavy (non-hydrogen) atoms. The summed E-state index contributed by atoms with van der Waals surface area (Å²) in [6, 6.07) is 12.4. The summed E-state index contributed by atoms with van der Waals surface area (Å²) in [6.07, 6.45) is 6.65. The van der Waals surface area contributed by atoms with Gasteiger partial charge in [-0.3, -0.25) is 9.78 Å². The molecule has 0 bridgehead atoms. The molecule has 144 valence electrons. The molecule has 6 heteroatoms. The van der Waals surface area contributed by atoms with Crippen molar-refractivity contribution in [1.82, 2.24) is 9.97 Å². The first-order chi connectivity index (χ1) is 14.1. The molecule has 0 saturated heterocycles. The molecule has 4 nitrogen and oxygen atoms in total. The van der Waals surface area contributed by atoms with Gasteiger partial charge in [-0.25, -0.2) is 4.39 Å². The van der Waals surface area contributed by atoms with E-state index < -0.39 is 0 Å². The van der Waals surface area contributed by atoms with Crippen LogP contribution in [0.15, 0.2) is 61.1 Å². The van der Waals surface area contributed by atoms with Crippen LogP contribution in [0.25, 0.3) is 10.9 Å². The van der Waals surface area contributed by atoms with E-state index in [0.29, 0.717) is 29.1 Å². The first-order valence-corrected chi connectivity index (χ1v) is 9.76. The number of nitrogens with one attached hydrogen (secondary N) is 1. The summed E-state index contributed by atoms with van der Waals surface area (Å²) in [7, 11) is 0. The zero-order valence-corrected chi connectivity index (χ0v) is 16.2. The molecular formula is C23H17ClFN3O. The van der Waals surface area contributed by atoms with E-state index in [1.165, 1.54) is 6.07 Å². The summed E-state index contributed by atoms with van der Waals surface area (Å²) >= 11 is 6.06. The minimum Gasteiger partial charge on any atom is -0.359 e. The van der Waals surface area contributed by atoms with E-state index >= 15 is 0 Å². The van der Waals surface area contributed by atoms with Crippen molar-refractivity contribution in [3.05, 3.63) is 94.1 Å². The first-order valence-electron chi connectivity index (χ1n) is 9.39. The monoisotopic (exact) mass is 405 g/mol. The largest absolute Gasteiger partial charge is 0.359 e. The van der Waals surface area contributed by atoms with Gasteiger partial charge >= 0.3 is 0 Å². The molecule has 3 heterocycles. The molecule has 0 spiro atoms. The molecule has 4 aromatic rings. The van der Waals surface area contributed by atoms with Crippen molar-refractivity contribution in [3.63, 3.8) is 0 Å². The van der Waals surface area contributed by atoms with Gasteiger partial charge in [-0.05, 0) is 53.4 Å². The summed E-state index contributed by atoms with van der Waals surface area (Å²) < 4.78 is 13.9. The van der Waals surface area contributed by atoms with E-state index in [2.05, 4.69) is 9.97 Å². The predicted octanol–water partition coefficient (Wildman–Crippen LogP) is 5.15. The molecule has 5 rings (SSSR count). The molecule has 2 aromatic carbocycles. The maximum Gasteiger partial charge on any atom is 0.258 e. The smallest absolute Gasteiger partial charge is 0.258 e. The van der Waals surface area contributed by atoms with Crippen LogP contribution in [0.3, 0.4) is 0 Å². The van der Waals surface area contributed by atoms with Gasteiger partial charge in [0.05, 0.1) is 17.4 Å². The Balaban J connectivity index is 1.45. The van der Waals surface area contributed by atoms with Gasteiger partial charge in [0.15, 0.2) is 0 Å². The number of hydrogen-bond acceptors (Lipinski definition) is 2. The number of carbonyl (C=O) groups is 1. The van der Waals surface area contributed by atoms with Crippen molar-refractivity contribution in [2.24, 2.45) is 0 Å². The Kier molecular flexibility index (Phi) is 4.32. The van der Waals surface area contributed by atoms with Gasteiger partial charge in [0.2, 0.25) is 0 Å².